The number of halogens is 6. The fourth-order valence-electron chi connectivity index (χ4n) is 3.84. The highest BCUT2D eigenvalue weighted by Crippen LogP contribution is 2.35. The van der Waals surface area contributed by atoms with Crippen molar-refractivity contribution in [1.29, 1.82) is 0 Å². The van der Waals surface area contributed by atoms with Crippen molar-refractivity contribution in [3.05, 3.63) is 82.9 Å². The Bertz CT molecular complexity index is 1160. The highest BCUT2D eigenvalue weighted by molar-refractivity contribution is 5.72. The summed E-state index contributed by atoms with van der Waals surface area (Å²) in [7, 11) is 0. The molecule has 1 aliphatic rings. The zero-order valence-corrected chi connectivity index (χ0v) is 18.7. The van der Waals surface area contributed by atoms with E-state index in [0.29, 0.717) is 44.1 Å². The van der Waals surface area contributed by atoms with Gasteiger partial charge >= 0.3 is 0 Å². The summed E-state index contributed by atoms with van der Waals surface area (Å²) >= 11 is 0. The second kappa shape index (κ2) is 10.8. The van der Waals surface area contributed by atoms with E-state index in [4.69, 9.17) is 14.2 Å². The van der Waals surface area contributed by atoms with Crippen LogP contribution in [0.1, 0.15) is 25.2 Å². The van der Waals surface area contributed by atoms with Gasteiger partial charge in [-0.2, -0.15) is 0 Å². The summed E-state index contributed by atoms with van der Waals surface area (Å²) in [4.78, 5) is 0. The SMILES string of the molecule is CCCOCC1COC(c2ccc(-c3cc(F)c(-c4cc(F)c(F)c(F)c4)c(F)c3)c(F)c2)OC1. The third kappa shape index (κ3) is 5.52. The first kappa shape index (κ1) is 25.2. The van der Waals surface area contributed by atoms with Crippen molar-refractivity contribution < 1.29 is 40.6 Å². The molecular formula is C26H22F6O3. The highest BCUT2D eigenvalue weighted by atomic mass is 19.2. The average molecular weight is 496 g/mol. The zero-order valence-electron chi connectivity index (χ0n) is 18.7. The van der Waals surface area contributed by atoms with E-state index in [1.165, 1.54) is 12.1 Å². The van der Waals surface area contributed by atoms with Crippen LogP contribution in [0.4, 0.5) is 26.3 Å². The normalized spacial score (nSPS) is 18.1. The van der Waals surface area contributed by atoms with Gasteiger partial charge in [-0.25, -0.2) is 26.3 Å². The quantitative estimate of drug-likeness (QED) is 0.201. The third-order valence-electron chi connectivity index (χ3n) is 5.56. The summed E-state index contributed by atoms with van der Waals surface area (Å²) in [6.07, 6.45) is 0.114. The van der Waals surface area contributed by atoms with E-state index in [1.54, 1.807) is 0 Å². The van der Waals surface area contributed by atoms with Crippen LogP contribution in [0.3, 0.4) is 0 Å². The van der Waals surface area contributed by atoms with Gasteiger partial charge in [-0.15, -0.1) is 0 Å². The molecule has 0 bridgehead atoms. The maximum atomic E-state index is 14.9. The smallest absolute Gasteiger partial charge is 0.194 e. The molecule has 3 nitrogen and oxygen atoms in total. The van der Waals surface area contributed by atoms with Crippen LogP contribution in [0.15, 0.2) is 42.5 Å². The molecular weight excluding hydrogens is 474 g/mol. The van der Waals surface area contributed by atoms with E-state index in [0.717, 1.165) is 24.6 Å². The first-order valence-corrected chi connectivity index (χ1v) is 11.0. The maximum absolute atomic E-state index is 14.9. The number of hydrogen-bond acceptors (Lipinski definition) is 3. The zero-order chi connectivity index (χ0) is 25.1. The van der Waals surface area contributed by atoms with Crippen LogP contribution in [-0.4, -0.2) is 26.4 Å². The third-order valence-corrected chi connectivity index (χ3v) is 5.56. The van der Waals surface area contributed by atoms with Crippen LogP contribution < -0.4 is 0 Å². The Labute approximate surface area is 198 Å². The second-order valence-corrected chi connectivity index (χ2v) is 8.25. The summed E-state index contributed by atoms with van der Waals surface area (Å²) in [5.74, 6) is -8.01. The molecule has 1 saturated heterocycles. The first-order valence-electron chi connectivity index (χ1n) is 11.0. The Morgan fingerprint density at radius 1 is 0.771 bits per heavy atom. The van der Waals surface area contributed by atoms with Crippen molar-refractivity contribution in [1.82, 2.24) is 0 Å². The van der Waals surface area contributed by atoms with Crippen LogP contribution in [-0.2, 0) is 14.2 Å². The largest absolute Gasteiger partial charge is 0.381 e. The van der Waals surface area contributed by atoms with Gasteiger partial charge in [0.2, 0.25) is 0 Å². The summed E-state index contributed by atoms with van der Waals surface area (Å²) in [5, 5.41) is 0. The molecule has 4 rings (SSSR count). The molecule has 0 aromatic heterocycles. The van der Waals surface area contributed by atoms with E-state index < -0.39 is 52.3 Å². The number of hydrogen-bond donors (Lipinski definition) is 0. The van der Waals surface area contributed by atoms with E-state index in [9.17, 15) is 26.3 Å². The number of benzene rings is 3. The maximum Gasteiger partial charge on any atom is 0.194 e. The van der Waals surface area contributed by atoms with Gasteiger partial charge in [0.15, 0.2) is 23.7 Å². The van der Waals surface area contributed by atoms with Crippen LogP contribution in [0, 0.1) is 40.8 Å². The Morgan fingerprint density at radius 3 is 1.94 bits per heavy atom. The van der Waals surface area contributed by atoms with Crippen LogP contribution in [0.5, 0.6) is 0 Å². The molecule has 1 aliphatic heterocycles. The average Bonchev–Trinajstić information content (AvgIpc) is 2.82. The molecule has 0 atom stereocenters. The minimum Gasteiger partial charge on any atom is -0.381 e. The van der Waals surface area contributed by atoms with E-state index in [-0.39, 0.29) is 17.0 Å². The summed E-state index contributed by atoms with van der Waals surface area (Å²) in [6, 6.07) is 6.65. The molecule has 0 unspecified atom stereocenters. The van der Waals surface area contributed by atoms with Gasteiger partial charge in [0.25, 0.3) is 0 Å². The Morgan fingerprint density at radius 2 is 1.37 bits per heavy atom. The van der Waals surface area contributed by atoms with Crippen molar-refractivity contribution in [2.75, 3.05) is 26.4 Å². The van der Waals surface area contributed by atoms with Crippen LogP contribution in [0.2, 0.25) is 0 Å². The Balaban J connectivity index is 1.53. The molecule has 3 aromatic rings. The summed E-state index contributed by atoms with van der Waals surface area (Å²) in [5.41, 5.74) is -1.12. The van der Waals surface area contributed by atoms with Crippen LogP contribution in [0.25, 0.3) is 22.3 Å². The fraction of sp³-hybridized carbons (Fsp3) is 0.308. The van der Waals surface area contributed by atoms with Gasteiger partial charge in [0.05, 0.1) is 25.4 Å². The molecule has 186 valence electrons. The van der Waals surface area contributed by atoms with E-state index in [1.807, 2.05) is 6.92 Å². The molecule has 0 aliphatic carbocycles. The topological polar surface area (TPSA) is 27.7 Å². The number of ether oxygens (including phenoxy) is 3. The van der Waals surface area contributed by atoms with Crippen molar-refractivity contribution in [2.24, 2.45) is 5.92 Å². The van der Waals surface area contributed by atoms with Crippen molar-refractivity contribution in [3.8, 4) is 22.3 Å². The highest BCUT2D eigenvalue weighted by Gasteiger charge is 2.25. The molecule has 9 heteroatoms. The molecule has 0 radical (unpaired) electrons. The molecule has 0 N–H and O–H groups in total. The summed E-state index contributed by atoms with van der Waals surface area (Å²) in [6.45, 7) is 3.90. The van der Waals surface area contributed by atoms with E-state index >= 15 is 0 Å². The molecule has 0 amide bonds. The van der Waals surface area contributed by atoms with Gasteiger partial charge in [0.1, 0.15) is 17.5 Å². The van der Waals surface area contributed by atoms with Crippen LogP contribution >= 0.6 is 0 Å². The molecule has 3 aromatic carbocycles. The van der Waals surface area contributed by atoms with Crippen molar-refractivity contribution in [3.63, 3.8) is 0 Å². The number of rotatable bonds is 7. The lowest BCUT2D eigenvalue weighted by Gasteiger charge is -2.29. The standard InChI is InChI=1S/C26H22F6O3/c1-2-5-33-11-14-12-34-26(35-13-14)15-3-4-18(19(27)6-15)16-7-20(28)24(21(29)8-16)17-9-22(30)25(32)23(31)10-17/h3-4,6-10,14,26H,2,5,11-13H2,1H3. The van der Waals surface area contributed by atoms with Gasteiger partial charge < -0.3 is 14.2 Å². The van der Waals surface area contributed by atoms with E-state index in [2.05, 4.69) is 0 Å². The Hall–Kier alpha value is -2.88. The fourth-order valence-corrected chi connectivity index (χ4v) is 3.84. The lowest BCUT2D eigenvalue weighted by Crippen LogP contribution is -2.30. The van der Waals surface area contributed by atoms with Crippen molar-refractivity contribution >= 4 is 0 Å². The molecule has 1 heterocycles. The van der Waals surface area contributed by atoms with Crippen molar-refractivity contribution in [2.45, 2.75) is 19.6 Å². The molecule has 35 heavy (non-hydrogen) atoms. The molecule has 0 spiro atoms. The van der Waals surface area contributed by atoms with Gasteiger partial charge in [0, 0.05) is 23.7 Å². The molecule has 1 fully saturated rings. The molecule has 0 saturated carbocycles. The first-order chi connectivity index (χ1) is 16.8. The minimum absolute atomic E-state index is 0.0643. The lowest BCUT2D eigenvalue weighted by molar-refractivity contribution is -0.212. The predicted octanol–water partition coefficient (Wildman–Crippen LogP) is 6.94. The minimum atomic E-state index is -1.75. The predicted molar refractivity (Wildman–Crippen MR) is 116 cm³/mol. The van der Waals surface area contributed by atoms with Gasteiger partial charge in [-0.3, -0.25) is 0 Å². The summed E-state index contributed by atoms with van der Waals surface area (Å²) < 4.78 is 101. The van der Waals surface area contributed by atoms with Gasteiger partial charge in [-0.1, -0.05) is 19.1 Å². The monoisotopic (exact) mass is 496 g/mol. The van der Waals surface area contributed by atoms with Gasteiger partial charge in [-0.05, 0) is 47.9 Å². The Kier molecular flexibility index (Phi) is 7.78. The lowest BCUT2D eigenvalue weighted by atomic mass is 9.97. The second-order valence-electron chi connectivity index (χ2n) is 8.25.